The van der Waals surface area contributed by atoms with Crippen molar-refractivity contribution in [2.75, 3.05) is 26.2 Å². The summed E-state index contributed by atoms with van der Waals surface area (Å²) in [6.45, 7) is 0.832. The van der Waals surface area contributed by atoms with Crippen molar-refractivity contribution < 1.29 is 13.2 Å². The van der Waals surface area contributed by atoms with Crippen LogP contribution >= 0.6 is 23.2 Å². The summed E-state index contributed by atoms with van der Waals surface area (Å²) in [5.74, 6) is -0.190. The summed E-state index contributed by atoms with van der Waals surface area (Å²) < 4.78 is 28.9. The van der Waals surface area contributed by atoms with E-state index >= 15 is 0 Å². The second-order valence-corrected chi connectivity index (χ2v) is 9.45. The first-order valence-corrected chi connectivity index (χ1v) is 11.4. The van der Waals surface area contributed by atoms with E-state index in [1.54, 1.807) is 21.8 Å². The smallest absolute Gasteiger partial charge is 0.257 e. The summed E-state index contributed by atoms with van der Waals surface area (Å²) >= 11 is 12.2. The zero-order chi connectivity index (χ0) is 21.3. The lowest BCUT2D eigenvalue weighted by Gasteiger charge is -2.34. The number of piperazine rings is 1. The fourth-order valence-corrected chi connectivity index (χ4v) is 5.84. The van der Waals surface area contributed by atoms with Gasteiger partial charge in [-0.1, -0.05) is 47.5 Å². The lowest BCUT2D eigenvalue weighted by molar-refractivity contribution is 0.0698. The molecule has 0 unspecified atom stereocenters. The standard InChI is InChI=1S/C20H18Cl2N4O3S/c21-17-7-4-8-18(22)19(17)30(28,29)25-11-9-24(10-12-25)20(27)15-13-23-26(14-15)16-5-2-1-3-6-16/h1-8,13-14H,9-12H2. The Hall–Kier alpha value is -2.39. The molecule has 2 aromatic carbocycles. The van der Waals surface area contributed by atoms with Crippen molar-refractivity contribution in [3.63, 3.8) is 0 Å². The first kappa shape index (κ1) is 20.9. The first-order valence-electron chi connectivity index (χ1n) is 9.21. The van der Waals surface area contributed by atoms with E-state index in [9.17, 15) is 13.2 Å². The minimum absolute atomic E-state index is 0.0781. The molecule has 1 aromatic heterocycles. The molecule has 0 spiro atoms. The molecular weight excluding hydrogens is 447 g/mol. The normalized spacial score (nSPS) is 15.3. The maximum Gasteiger partial charge on any atom is 0.257 e. The Bertz CT molecular complexity index is 1150. The monoisotopic (exact) mass is 464 g/mol. The molecule has 0 radical (unpaired) electrons. The van der Waals surface area contributed by atoms with E-state index in [1.807, 2.05) is 30.3 Å². The van der Waals surface area contributed by atoms with Gasteiger partial charge in [-0.05, 0) is 24.3 Å². The second kappa shape index (κ2) is 8.39. The Morgan fingerprint density at radius 1 is 0.900 bits per heavy atom. The van der Waals surface area contributed by atoms with Gasteiger partial charge in [0.2, 0.25) is 10.0 Å². The van der Waals surface area contributed by atoms with E-state index in [2.05, 4.69) is 5.10 Å². The van der Waals surface area contributed by atoms with E-state index in [4.69, 9.17) is 23.2 Å². The first-order chi connectivity index (χ1) is 14.4. The van der Waals surface area contributed by atoms with Crippen molar-refractivity contribution in [1.82, 2.24) is 19.0 Å². The number of halogens is 2. The van der Waals surface area contributed by atoms with Crippen molar-refractivity contribution >= 4 is 39.1 Å². The van der Waals surface area contributed by atoms with Crippen molar-refractivity contribution in [1.29, 1.82) is 0 Å². The van der Waals surface area contributed by atoms with Crippen LogP contribution in [0.1, 0.15) is 10.4 Å². The number of aromatic nitrogens is 2. The molecule has 3 aromatic rings. The molecular formula is C20H18Cl2N4O3S. The molecule has 0 aliphatic carbocycles. The SMILES string of the molecule is O=C(c1cnn(-c2ccccc2)c1)N1CCN(S(=O)(=O)c2c(Cl)cccc2Cl)CC1. The summed E-state index contributed by atoms with van der Waals surface area (Å²) in [4.78, 5) is 14.4. The van der Waals surface area contributed by atoms with Crippen LogP contribution in [0.2, 0.25) is 10.0 Å². The average molecular weight is 465 g/mol. The molecule has 1 saturated heterocycles. The number of carbonyl (C=O) groups excluding carboxylic acids is 1. The molecule has 1 aliphatic rings. The minimum Gasteiger partial charge on any atom is -0.336 e. The van der Waals surface area contributed by atoms with Gasteiger partial charge in [-0.3, -0.25) is 4.79 Å². The van der Waals surface area contributed by atoms with E-state index < -0.39 is 10.0 Å². The van der Waals surface area contributed by atoms with Crippen molar-refractivity contribution in [3.8, 4) is 5.69 Å². The summed E-state index contributed by atoms with van der Waals surface area (Å²) in [5, 5.41) is 4.41. The maximum atomic E-state index is 13.0. The zero-order valence-electron chi connectivity index (χ0n) is 15.8. The fourth-order valence-electron chi connectivity index (χ4n) is 3.33. The number of benzene rings is 2. The van der Waals surface area contributed by atoms with E-state index in [0.717, 1.165) is 5.69 Å². The van der Waals surface area contributed by atoms with Crippen LogP contribution < -0.4 is 0 Å². The van der Waals surface area contributed by atoms with Gasteiger partial charge in [0.05, 0.1) is 27.5 Å². The molecule has 1 fully saturated rings. The Labute approximate surface area is 184 Å². The predicted octanol–water partition coefficient (Wildman–Crippen LogP) is 3.33. The van der Waals surface area contributed by atoms with E-state index in [0.29, 0.717) is 5.56 Å². The molecule has 1 amide bonds. The summed E-state index contributed by atoms with van der Waals surface area (Å²) in [6.07, 6.45) is 3.19. The van der Waals surface area contributed by atoms with Gasteiger partial charge >= 0.3 is 0 Å². The molecule has 4 rings (SSSR count). The third-order valence-electron chi connectivity index (χ3n) is 4.89. The Kier molecular flexibility index (Phi) is 5.84. The van der Waals surface area contributed by atoms with Gasteiger partial charge in [0.25, 0.3) is 5.91 Å². The van der Waals surface area contributed by atoms with Crippen LogP contribution in [0.25, 0.3) is 5.69 Å². The van der Waals surface area contributed by atoms with Crippen LogP contribution in [0.3, 0.4) is 0 Å². The quantitative estimate of drug-likeness (QED) is 0.593. The maximum absolute atomic E-state index is 13.0. The second-order valence-electron chi connectivity index (χ2n) is 6.76. The van der Waals surface area contributed by atoms with Crippen LogP contribution in [0, 0.1) is 0 Å². The average Bonchev–Trinajstić information content (AvgIpc) is 3.24. The van der Waals surface area contributed by atoms with Crippen molar-refractivity contribution in [3.05, 3.63) is 76.5 Å². The van der Waals surface area contributed by atoms with Crippen molar-refractivity contribution in [2.24, 2.45) is 0 Å². The predicted molar refractivity (Wildman–Crippen MR) is 115 cm³/mol. The lowest BCUT2D eigenvalue weighted by atomic mass is 10.2. The number of amides is 1. The Balaban J connectivity index is 1.46. The highest BCUT2D eigenvalue weighted by molar-refractivity contribution is 7.89. The van der Waals surface area contributed by atoms with Crippen LogP contribution in [-0.4, -0.2) is 59.5 Å². The van der Waals surface area contributed by atoms with Crippen LogP contribution in [0.5, 0.6) is 0 Å². The molecule has 156 valence electrons. The Morgan fingerprint density at radius 3 is 2.17 bits per heavy atom. The molecule has 30 heavy (non-hydrogen) atoms. The minimum atomic E-state index is -3.85. The van der Waals surface area contributed by atoms with Gasteiger partial charge in [-0.2, -0.15) is 9.40 Å². The molecule has 0 saturated carbocycles. The summed E-state index contributed by atoms with van der Waals surface area (Å²) in [5.41, 5.74) is 1.30. The van der Waals surface area contributed by atoms with Gasteiger partial charge in [0, 0.05) is 32.4 Å². The molecule has 1 aliphatic heterocycles. The number of nitrogens with zero attached hydrogens (tertiary/aromatic N) is 4. The summed E-state index contributed by atoms with van der Waals surface area (Å²) in [6, 6.07) is 14.1. The molecule has 0 bridgehead atoms. The Morgan fingerprint density at radius 2 is 1.53 bits per heavy atom. The molecule has 0 atom stereocenters. The molecule has 0 N–H and O–H groups in total. The van der Waals surface area contributed by atoms with Crippen molar-refractivity contribution in [2.45, 2.75) is 4.90 Å². The third kappa shape index (κ3) is 3.96. The summed E-state index contributed by atoms with van der Waals surface area (Å²) in [7, 11) is -3.85. The van der Waals surface area contributed by atoms with Gasteiger partial charge in [-0.15, -0.1) is 0 Å². The largest absolute Gasteiger partial charge is 0.336 e. The highest BCUT2D eigenvalue weighted by Crippen LogP contribution is 2.32. The lowest BCUT2D eigenvalue weighted by Crippen LogP contribution is -2.50. The zero-order valence-corrected chi connectivity index (χ0v) is 18.1. The molecule has 7 nitrogen and oxygen atoms in total. The van der Waals surface area contributed by atoms with Gasteiger partial charge in [0.15, 0.2) is 0 Å². The number of carbonyl (C=O) groups is 1. The van der Waals surface area contributed by atoms with E-state index in [-0.39, 0.29) is 47.0 Å². The molecule has 2 heterocycles. The highest BCUT2D eigenvalue weighted by atomic mass is 35.5. The van der Waals surface area contributed by atoms with Crippen LogP contribution in [-0.2, 0) is 10.0 Å². The number of para-hydroxylation sites is 1. The van der Waals surface area contributed by atoms with Gasteiger partial charge in [-0.25, -0.2) is 13.1 Å². The molecule has 10 heteroatoms. The number of hydrogen-bond acceptors (Lipinski definition) is 4. The van der Waals surface area contributed by atoms with Crippen LogP contribution in [0.15, 0.2) is 65.8 Å². The van der Waals surface area contributed by atoms with Gasteiger partial charge in [0.1, 0.15) is 4.90 Å². The number of hydrogen-bond donors (Lipinski definition) is 0. The van der Waals surface area contributed by atoms with E-state index in [1.165, 1.54) is 22.6 Å². The highest BCUT2D eigenvalue weighted by Gasteiger charge is 2.33. The topological polar surface area (TPSA) is 75.5 Å². The number of sulfonamides is 1. The third-order valence-corrected chi connectivity index (χ3v) is 7.75. The van der Waals surface area contributed by atoms with Crippen LogP contribution in [0.4, 0.5) is 0 Å². The van der Waals surface area contributed by atoms with Gasteiger partial charge < -0.3 is 4.90 Å². The number of rotatable bonds is 4. The fraction of sp³-hybridized carbons (Fsp3) is 0.200.